The minimum absolute atomic E-state index is 0.0400. The number of carbonyl (C=O) groups excluding carboxylic acids is 8. The van der Waals surface area contributed by atoms with E-state index in [1.54, 1.807) is 48.5 Å². The van der Waals surface area contributed by atoms with Gasteiger partial charge in [-0.05, 0) is 197 Å². The number of hydrogen-bond donors (Lipinski definition) is 8. The molecule has 105 heavy (non-hydrogen) atoms. The van der Waals surface area contributed by atoms with E-state index in [1.807, 2.05) is 27.7 Å². The van der Waals surface area contributed by atoms with Crippen LogP contribution in [0, 0.1) is 80.5 Å². The minimum Gasteiger partial charge on any atom is -0.490 e. The van der Waals surface area contributed by atoms with Crippen LogP contribution in [0.5, 0.6) is 23.0 Å². The Balaban J connectivity index is 1.03. The first-order valence-corrected chi connectivity index (χ1v) is 38.1. The maximum atomic E-state index is 15.3. The van der Waals surface area contributed by atoms with Crippen molar-refractivity contribution in [1.29, 1.82) is 0 Å². The highest BCUT2D eigenvalue weighted by atomic mass is 16.6. The fourth-order valence-electron chi connectivity index (χ4n) is 17.5. The Morgan fingerprint density at radius 2 is 0.400 bits per heavy atom. The quantitative estimate of drug-likeness (QED) is 0.0816. The number of fused-ring (bicyclic) bond motifs is 24. The van der Waals surface area contributed by atoms with Gasteiger partial charge in [-0.25, -0.2) is 0 Å². The molecule has 24 heteroatoms. The summed E-state index contributed by atoms with van der Waals surface area (Å²) in [6, 6.07) is 9.94. The summed E-state index contributed by atoms with van der Waals surface area (Å²) in [5, 5.41) is 26.5. The van der Waals surface area contributed by atoms with Crippen LogP contribution in [0.25, 0.3) is 0 Å². The van der Waals surface area contributed by atoms with Crippen molar-refractivity contribution in [3.8, 4) is 23.0 Å². The molecular formula is C81H108N8O16. The summed E-state index contributed by atoms with van der Waals surface area (Å²) in [7, 11) is 0. The van der Waals surface area contributed by atoms with Crippen LogP contribution < -0.4 is 61.5 Å². The molecule has 0 aromatic heterocycles. The van der Waals surface area contributed by atoms with Gasteiger partial charge in [-0.3, -0.25) is 38.4 Å². The molecule has 0 radical (unpaired) electrons. The van der Waals surface area contributed by atoms with Crippen molar-refractivity contribution < 1.29 is 76.3 Å². The Labute approximate surface area is 616 Å². The first-order valence-electron chi connectivity index (χ1n) is 38.1. The Bertz CT molecular complexity index is 3260. The van der Waals surface area contributed by atoms with Gasteiger partial charge in [-0.15, -0.1) is 0 Å². The molecule has 4 aliphatic carbocycles. The zero-order valence-corrected chi connectivity index (χ0v) is 63.0. The molecule has 24 nitrogen and oxygen atoms in total. The highest BCUT2D eigenvalue weighted by Gasteiger charge is 2.43. The van der Waals surface area contributed by atoms with E-state index in [1.165, 1.54) is 0 Å². The lowest BCUT2D eigenvalue weighted by molar-refractivity contribution is -0.113. The molecule has 4 heterocycles. The number of hydrogen-bond acceptors (Lipinski definition) is 16. The van der Waals surface area contributed by atoms with Crippen molar-refractivity contribution in [3.63, 3.8) is 0 Å². The van der Waals surface area contributed by atoms with Gasteiger partial charge in [0.15, 0.2) is 0 Å². The van der Waals surface area contributed by atoms with Gasteiger partial charge in [0.25, 0.3) is 47.3 Å². The molecule has 8 aliphatic rings. The number of carbonyl (C=O) groups is 8. The first-order chi connectivity index (χ1) is 50.2. The van der Waals surface area contributed by atoms with Crippen LogP contribution >= 0.6 is 0 Å². The largest absolute Gasteiger partial charge is 0.490 e. The van der Waals surface area contributed by atoms with Crippen molar-refractivity contribution in [1.82, 2.24) is 42.5 Å². The molecule has 8 amide bonds. The lowest BCUT2D eigenvalue weighted by atomic mass is 9.76. The monoisotopic (exact) mass is 1450 g/mol. The van der Waals surface area contributed by atoms with Gasteiger partial charge in [0, 0.05) is 48.3 Å². The molecular weight excluding hydrogens is 1340 g/mol. The molecule has 12 rings (SSSR count). The molecule has 16 unspecified atom stereocenters. The van der Waals surface area contributed by atoms with Gasteiger partial charge in [-0.1, -0.05) is 55.4 Å². The fraction of sp³-hybridized carbons (Fsp3) is 0.605. The summed E-state index contributed by atoms with van der Waals surface area (Å²) in [5.74, 6) is -4.13. The summed E-state index contributed by atoms with van der Waals surface area (Å²) in [6.45, 7) is 22.5. The Morgan fingerprint density at radius 3 is 0.552 bits per heavy atom. The summed E-state index contributed by atoms with van der Waals surface area (Å²) < 4.78 is 53.4. The maximum Gasteiger partial charge on any atom is 0.255 e. The van der Waals surface area contributed by atoms with E-state index >= 15 is 38.4 Å². The average Bonchev–Trinajstić information content (AvgIpc) is 0.799. The molecule has 13 bridgehead atoms. The van der Waals surface area contributed by atoms with E-state index in [-0.39, 0.29) is 194 Å². The first kappa shape index (κ1) is 76.3. The molecule has 8 N–H and O–H groups in total. The zero-order chi connectivity index (χ0) is 74.7. The van der Waals surface area contributed by atoms with E-state index in [0.29, 0.717) is 73.6 Å². The van der Waals surface area contributed by atoms with Crippen LogP contribution in [0.4, 0.5) is 0 Å². The van der Waals surface area contributed by atoms with E-state index in [0.717, 1.165) is 0 Å². The normalized spacial score (nSPS) is 32.2. The Hall–Kier alpha value is -8.32. The van der Waals surface area contributed by atoms with E-state index in [9.17, 15) is 0 Å². The van der Waals surface area contributed by atoms with Crippen LogP contribution in [0.2, 0.25) is 0 Å². The van der Waals surface area contributed by atoms with Crippen LogP contribution in [0.3, 0.4) is 0 Å². The van der Waals surface area contributed by atoms with Gasteiger partial charge in [0.05, 0.1) is 103 Å². The fourth-order valence-corrected chi connectivity index (χ4v) is 17.5. The van der Waals surface area contributed by atoms with Crippen LogP contribution in [-0.4, -0.2) is 175 Å². The maximum absolute atomic E-state index is 15.3. The predicted octanol–water partition coefficient (Wildman–Crippen LogP) is 8.69. The second kappa shape index (κ2) is 32.8. The highest BCUT2D eigenvalue weighted by molar-refractivity contribution is 6.08. The molecule has 0 saturated heterocycles. The average molecular weight is 1450 g/mol. The van der Waals surface area contributed by atoms with E-state index in [2.05, 4.69) is 97.9 Å². The highest BCUT2D eigenvalue weighted by Crippen LogP contribution is 2.40. The minimum atomic E-state index is -1.21. The van der Waals surface area contributed by atoms with Crippen LogP contribution in [0.1, 0.15) is 212 Å². The Kier molecular flexibility index (Phi) is 23.9. The smallest absolute Gasteiger partial charge is 0.255 e. The van der Waals surface area contributed by atoms with Crippen molar-refractivity contribution in [2.75, 3.05) is 79.3 Å². The summed E-state index contributed by atoms with van der Waals surface area (Å²) >= 11 is 0. The van der Waals surface area contributed by atoms with Crippen LogP contribution in [0.15, 0.2) is 48.5 Å². The molecule has 16 atom stereocenters. The predicted molar refractivity (Wildman–Crippen MR) is 393 cm³/mol. The molecule has 4 fully saturated rings. The third-order valence-electron chi connectivity index (χ3n) is 23.5. The molecule has 4 saturated carbocycles. The van der Waals surface area contributed by atoms with Gasteiger partial charge in [0.1, 0.15) is 49.4 Å². The molecule has 568 valence electrons. The van der Waals surface area contributed by atoms with Crippen molar-refractivity contribution in [2.45, 2.75) is 183 Å². The molecule has 4 aromatic rings. The second-order valence-corrected chi connectivity index (χ2v) is 32.2. The van der Waals surface area contributed by atoms with Gasteiger partial charge >= 0.3 is 0 Å². The number of ether oxygens (including phenoxy) is 8. The third kappa shape index (κ3) is 17.4. The van der Waals surface area contributed by atoms with Crippen molar-refractivity contribution >= 4 is 47.3 Å². The molecule has 4 aliphatic heterocycles. The van der Waals surface area contributed by atoms with E-state index in [4.69, 9.17) is 37.9 Å². The number of nitrogens with one attached hydrogen (secondary N) is 8. The molecule has 4 aromatic carbocycles. The van der Waals surface area contributed by atoms with Crippen molar-refractivity contribution in [2.24, 2.45) is 52.8 Å². The zero-order valence-electron chi connectivity index (χ0n) is 63.0. The summed E-state index contributed by atoms with van der Waals surface area (Å²) in [6.07, 6.45) is 3.90. The van der Waals surface area contributed by atoms with Gasteiger partial charge in [0.2, 0.25) is 0 Å². The number of aryl methyl sites for hydroxylation is 4. The Morgan fingerprint density at radius 1 is 0.248 bits per heavy atom. The lowest BCUT2D eigenvalue weighted by Crippen LogP contribution is -2.53. The number of amides is 8. The molecule has 1 spiro atoms. The number of rotatable bonds is 0. The van der Waals surface area contributed by atoms with Gasteiger partial charge < -0.3 is 80.4 Å². The van der Waals surface area contributed by atoms with E-state index < -0.39 is 101 Å². The van der Waals surface area contributed by atoms with Crippen molar-refractivity contribution in [3.05, 3.63) is 115 Å². The van der Waals surface area contributed by atoms with Crippen LogP contribution in [-0.2, 0) is 18.9 Å². The third-order valence-corrected chi connectivity index (χ3v) is 23.5. The van der Waals surface area contributed by atoms with Gasteiger partial charge in [-0.2, -0.15) is 0 Å². The SMILES string of the molecule is Cc1cc2c3c(c1)C(=O)NC1CC(NC(=O)c4cc(C)cc5c4OCCOCC4(COCCO3)COCCOc3c(cc(C)cc3C(=O)NC3CC(NC(=O)c6cc(C)cc(c6OCCOC4)C(=O)NC4CC(NC5=O)C(C)CC4C)C(C)CC3C)C(=O)NC3CC(NC2=O)C(C)CC3C)C(C)CC1C. The number of benzene rings is 4. The second-order valence-electron chi connectivity index (χ2n) is 32.2. The topological polar surface area (TPSA) is 307 Å². The summed E-state index contributed by atoms with van der Waals surface area (Å²) in [4.78, 5) is 122. The lowest BCUT2D eigenvalue weighted by Gasteiger charge is -2.40. The summed E-state index contributed by atoms with van der Waals surface area (Å²) in [5.41, 5.74) is 2.23. The standard InChI is InChI=1S/C81H108N8O16/c1-41-21-53-69-54(22-41)74(91)83-62-34-64(48(8)30-46(62)6)85-76(93)56-24-43(3)26-58-71(56)104-19-15-100-39-81(37-98-13-17-102-69)38-99-14-18-103-70-55(75(92)84-63-33-61(82-73(53)90)45(5)29-47(63)7)23-42(2)25-57(70)77(94)86-65-35-67(51(11)31-49(65)9)88-79(96)59-27-44(4)28-60(72(59)105-20-16-101-40-81)80(97)89-68-36-66(87-78(58)95)50(10)32-52(68)12/h21-28,45-52,61-68H,13-20,29-40H2,1-12H3,(H,82,90)(H,83,91)(H,84,92)(H,85,93)(H,86,94)(H,87,95)(H,88,96)(H,89,97).